The van der Waals surface area contributed by atoms with Gasteiger partial charge in [-0.2, -0.15) is 0 Å². The predicted molar refractivity (Wildman–Crippen MR) is 105 cm³/mol. The summed E-state index contributed by atoms with van der Waals surface area (Å²) in [6.07, 6.45) is 0. The summed E-state index contributed by atoms with van der Waals surface area (Å²) in [5.41, 5.74) is 0.333. The lowest BCUT2D eigenvalue weighted by Gasteiger charge is -2.09. The first kappa shape index (κ1) is 19.1. The highest BCUT2D eigenvalue weighted by molar-refractivity contribution is 7.92. The second-order valence-corrected chi connectivity index (χ2v) is 7.41. The molecule has 2 N–H and O–H groups in total. The summed E-state index contributed by atoms with van der Waals surface area (Å²) in [5, 5.41) is 13.6. The Hall–Kier alpha value is -3.72. The minimum Gasteiger partial charge on any atom is -0.322 e. The molecule has 0 radical (unpaired) electrons. The molecule has 3 rings (SSSR count). The van der Waals surface area contributed by atoms with Crippen LogP contribution in [0.3, 0.4) is 0 Å². The van der Waals surface area contributed by atoms with E-state index in [4.69, 9.17) is 0 Å². The number of nitrogens with one attached hydrogen (secondary N) is 2. The van der Waals surface area contributed by atoms with Gasteiger partial charge in [-0.1, -0.05) is 30.3 Å². The van der Waals surface area contributed by atoms with E-state index in [0.29, 0.717) is 11.4 Å². The molecule has 0 unspecified atom stereocenters. The molecule has 0 atom stereocenters. The Morgan fingerprint density at radius 2 is 1.43 bits per heavy atom. The van der Waals surface area contributed by atoms with Crippen molar-refractivity contribution in [1.29, 1.82) is 0 Å². The zero-order valence-corrected chi connectivity index (χ0v) is 15.2. The summed E-state index contributed by atoms with van der Waals surface area (Å²) in [4.78, 5) is 22.7. The van der Waals surface area contributed by atoms with E-state index < -0.39 is 20.9 Å². The van der Waals surface area contributed by atoms with Crippen LogP contribution in [0.2, 0.25) is 0 Å². The van der Waals surface area contributed by atoms with Crippen LogP contribution in [0.1, 0.15) is 10.4 Å². The molecule has 3 aromatic rings. The summed E-state index contributed by atoms with van der Waals surface area (Å²) in [7, 11) is -3.78. The molecule has 1 amide bonds. The van der Waals surface area contributed by atoms with Crippen molar-refractivity contribution in [3.05, 3.63) is 94.5 Å². The second-order valence-electron chi connectivity index (χ2n) is 5.72. The van der Waals surface area contributed by atoms with Gasteiger partial charge in [-0.05, 0) is 42.5 Å². The lowest BCUT2D eigenvalue weighted by atomic mass is 10.1. The van der Waals surface area contributed by atoms with Gasteiger partial charge in [0, 0.05) is 17.4 Å². The molecule has 142 valence electrons. The first-order valence-corrected chi connectivity index (χ1v) is 9.58. The number of anilines is 2. The molecule has 0 aliphatic carbocycles. The number of nitrogens with zero attached hydrogens (tertiary/aromatic N) is 1. The zero-order valence-electron chi connectivity index (χ0n) is 14.4. The van der Waals surface area contributed by atoms with E-state index in [9.17, 15) is 23.3 Å². The Balaban J connectivity index is 1.76. The molecule has 0 fully saturated rings. The quantitative estimate of drug-likeness (QED) is 0.486. The van der Waals surface area contributed by atoms with Crippen molar-refractivity contribution >= 4 is 33.0 Å². The lowest BCUT2D eigenvalue weighted by Crippen LogP contribution is -2.15. The SMILES string of the molecule is O=C(Nc1ccc(S(=O)(=O)Nc2ccccc2)cc1)c1ccccc1[N+](=O)[O-]. The molecule has 0 spiro atoms. The Kier molecular flexibility index (Phi) is 5.37. The fourth-order valence-corrected chi connectivity index (χ4v) is 3.52. The first-order chi connectivity index (χ1) is 13.4. The summed E-state index contributed by atoms with van der Waals surface area (Å²) < 4.78 is 27.3. The maximum Gasteiger partial charge on any atom is 0.282 e. The van der Waals surface area contributed by atoms with E-state index in [1.807, 2.05) is 0 Å². The number of hydrogen-bond donors (Lipinski definition) is 2. The smallest absolute Gasteiger partial charge is 0.282 e. The van der Waals surface area contributed by atoms with E-state index in [-0.39, 0.29) is 16.1 Å². The average molecular weight is 397 g/mol. The van der Waals surface area contributed by atoms with Crippen molar-refractivity contribution in [3.8, 4) is 0 Å². The molecule has 28 heavy (non-hydrogen) atoms. The molecule has 0 aliphatic heterocycles. The van der Waals surface area contributed by atoms with Crippen molar-refractivity contribution in [2.75, 3.05) is 10.0 Å². The van der Waals surface area contributed by atoms with Crippen molar-refractivity contribution in [3.63, 3.8) is 0 Å². The van der Waals surface area contributed by atoms with E-state index in [1.165, 1.54) is 48.5 Å². The number of nitro groups is 1. The van der Waals surface area contributed by atoms with Gasteiger partial charge >= 0.3 is 0 Å². The van der Waals surface area contributed by atoms with Crippen LogP contribution in [0.25, 0.3) is 0 Å². The van der Waals surface area contributed by atoms with E-state index in [1.54, 1.807) is 30.3 Å². The second kappa shape index (κ2) is 7.89. The Morgan fingerprint density at radius 3 is 2.07 bits per heavy atom. The number of carbonyl (C=O) groups excluding carboxylic acids is 1. The summed E-state index contributed by atoms with van der Waals surface area (Å²) in [6, 6.07) is 19.5. The van der Waals surface area contributed by atoms with Crippen molar-refractivity contribution in [2.24, 2.45) is 0 Å². The minimum atomic E-state index is -3.78. The van der Waals surface area contributed by atoms with Gasteiger partial charge in [-0.15, -0.1) is 0 Å². The maximum absolute atomic E-state index is 12.4. The molecule has 0 bridgehead atoms. The molecule has 9 heteroatoms. The van der Waals surface area contributed by atoms with Crippen molar-refractivity contribution < 1.29 is 18.1 Å². The maximum atomic E-state index is 12.4. The molecule has 0 aromatic heterocycles. The standard InChI is InChI=1S/C19H15N3O5S/c23-19(17-8-4-5-9-18(17)22(24)25)20-14-10-12-16(13-11-14)28(26,27)21-15-6-2-1-3-7-15/h1-13,21H,(H,20,23). The largest absolute Gasteiger partial charge is 0.322 e. The fourth-order valence-electron chi connectivity index (χ4n) is 2.46. The number of hydrogen-bond acceptors (Lipinski definition) is 5. The third-order valence-corrected chi connectivity index (χ3v) is 5.19. The normalized spacial score (nSPS) is 10.9. The third kappa shape index (κ3) is 4.33. The molecule has 0 heterocycles. The number of nitro benzene ring substituents is 1. The highest BCUT2D eigenvalue weighted by Crippen LogP contribution is 2.21. The summed E-state index contributed by atoms with van der Waals surface area (Å²) in [5.74, 6) is -0.662. The van der Waals surface area contributed by atoms with E-state index in [2.05, 4.69) is 10.0 Å². The van der Waals surface area contributed by atoms with Crippen LogP contribution in [0, 0.1) is 10.1 Å². The Labute approximate surface area is 161 Å². The fraction of sp³-hybridized carbons (Fsp3) is 0. The Bertz CT molecular complexity index is 1110. The van der Waals surface area contributed by atoms with Crippen molar-refractivity contribution in [2.45, 2.75) is 4.90 Å². The monoisotopic (exact) mass is 397 g/mol. The zero-order chi connectivity index (χ0) is 20.1. The molecular formula is C19H15N3O5S. The van der Waals surface area contributed by atoms with Gasteiger partial charge in [-0.3, -0.25) is 19.6 Å². The van der Waals surface area contributed by atoms with Gasteiger partial charge in [0.1, 0.15) is 5.56 Å². The first-order valence-electron chi connectivity index (χ1n) is 8.09. The van der Waals surface area contributed by atoms with Gasteiger partial charge in [0.25, 0.3) is 21.6 Å². The number of carbonyl (C=O) groups is 1. The van der Waals surface area contributed by atoms with Crippen LogP contribution in [0.15, 0.2) is 83.8 Å². The lowest BCUT2D eigenvalue weighted by molar-refractivity contribution is -0.385. The molecule has 0 aliphatic rings. The predicted octanol–water partition coefficient (Wildman–Crippen LogP) is 3.65. The van der Waals surface area contributed by atoms with Crippen LogP contribution in [-0.2, 0) is 10.0 Å². The van der Waals surface area contributed by atoms with Gasteiger partial charge in [0.2, 0.25) is 0 Å². The van der Waals surface area contributed by atoms with Crippen LogP contribution < -0.4 is 10.0 Å². The van der Waals surface area contributed by atoms with Gasteiger partial charge in [0.15, 0.2) is 0 Å². The number of amides is 1. The minimum absolute atomic E-state index is 0.0139. The summed E-state index contributed by atoms with van der Waals surface area (Å²) >= 11 is 0. The van der Waals surface area contributed by atoms with Gasteiger partial charge in [0.05, 0.1) is 9.82 Å². The molecule has 8 nitrogen and oxygen atoms in total. The third-order valence-electron chi connectivity index (χ3n) is 3.79. The number of benzene rings is 3. The molecule has 0 saturated carbocycles. The van der Waals surface area contributed by atoms with Crippen molar-refractivity contribution in [1.82, 2.24) is 0 Å². The topological polar surface area (TPSA) is 118 Å². The van der Waals surface area contributed by atoms with Crippen LogP contribution in [0.5, 0.6) is 0 Å². The van der Waals surface area contributed by atoms with E-state index >= 15 is 0 Å². The molecular weight excluding hydrogens is 382 g/mol. The number of sulfonamides is 1. The van der Waals surface area contributed by atoms with Crippen LogP contribution in [0.4, 0.5) is 17.1 Å². The number of rotatable bonds is 6. The molecule has 0 saturated heterocycles. The number of para-hydroxylation sites is 2. The molecule has 3 aromatic carbocycles. The highest BCUT2D eigenvalue weighted by Gasteiger charge is 2.19. The average Bonchev–Trinajstić information content (AvgIpc) is 2.69. The van der Waals surface area contributed by atoms with E-state index in [0.717, 1.165) is 0 Å². The van der Waals surface area contributed by atoms with Crippen LogP contribution >= 0.6 is 0 Å². The van der Waals surface area contributed by atoms with Gasteiger partial charge in [-0.25, -0.2) is 8.42 Å². The van der Waals surface area contributed by atoms with Crippen LogP contribution in [-0.4, -0.2) is 19.2 Å². The Morgan fingerprint density at radius 1 is 0.821 bits per heavy atom. The highest BCUT2D eigenvalue weighted by atomic mass is 32.2. The summed E-state index contributed by atoms with van der Waals surface area (Å²) in [6.45, 7) is 0. The van der Waals surface area contributed by atoms with Gasteiger partial charge < -0.3 is 5.32 Å².